The molecule has 5 heteroatoms. The Morgan fingerprint density at radius 1 is 1.43 bits per heavy atom. The van der Waals surface area contributed by atoms with Crippen molar-refractivity contribution in [1.29, 1.82) is 0 Å². The van der Waals surface area contributed by atoms with Crippen molar-refractivity contribution in [2.24, 2.45) is 0 Å². The van der Waals surface area contributed by atoms with Crippen molar-refractivity contribution >= 4 is 11.8 Å². The summed E-state index contributed by atoms with van der Waals surface area (Å²) in [5.74, 6) is -0.259. The molecule has 2 saturated heterocycles. The number of hydrogen-bond donors (Lipinski definition) is 1. The Labute approximate surface area is 82.3 Å². The van der Waals surface area contributed by atoms with E-state index in [4.69, 9.17) is 0 Å². The van der Waals surface area contributed by atoms with Crippen molar-refractivity contribution < 1.29 is 14.7 Å². The topological polar surface area (TPSA) is 60.9 Å². The summed E-state index contributed by atoms with van der Waals surface area (Å²) in [6.45, 7) is 1.22. The van der Waals surface area contributed by atoms with E-state index in [1.807, 2.05) is 4.90 Å². The molecule has 2 fully saturated rings. The van der Waals surface area contributed by atoms with E-state index in [1.54, 1.807) is 0 Å². The molecule has 2 aliphatic rings. The molecule has 0 aromatic rings. The first-order chi connectivity index (χ1) is 6.59. The summed E-state index contributed by atoms with van der Waals surface area (Å²) >= 11 is 0. The van der Waals surface area contributed by atoms with Crippen LogP contribution in [-0.4, -0.2) is 59.0 Å². The van der Waals surface area contributed by atoms with E-state index in [0.29, 0.717) is 19.5 Å². The van der Waals surface area contributed by atoms with E-state index in [-0.39, 0.29) is 30.4 Å². The van der Waals surface area contributed by atoms with E-state index in [1.165, 1.54) is 11.9 Å². The molecular formula is C9H14N2O3. The lowest BCUT2D eigenvalue weighted by molar-refractivity contribution is -0.137. The van der Waals surface area contributed by atoms with E-state index < -0.39 is 0 Å². The van der Waals surface area contributed by atoms with Gasteiger partial charge in [-0.2, -0.15) is 0 Å². The second-order valence-corrected chi connectivity index (χ2v) is 3.95. The van der Waals surface area contributed by atoms with Crippen LogP contribution in [-0.2, 0) is 9.59 Å². The number of likely N-dealkylation sites (N-methyl/N-ethyl adjacent to an activating group) is 1. The molecule has 2 rings (SSSR count). The number of imide groups is 1. The van der Waals surface area contributed by atoms with E-state index in [2.05, 4.69) is 0 Å². The monoisotopic (exact) mass is 198 g/mol. The van der Waals surface area contributed by atoms with Gasteiger partial charge in [0.05, 0.1) is 18.6 Å². The van der Waals surface area contributed by atoms with Gasteiger partial charge in [0.2, 0.25) is 11.8 Å². The molecule has 0 bridgehead atoms. The molecule has 0 radical (unpaired) electrons. The van der Waals surface area contributed by atoms with E-state index in [9.17, 15) is 14.7 Å². The van der Waals surface area contributed by atoms with Crippen molar-refractivity contribution in [3.05, 3.63) is 0 Å². The molecule has 0 aromatic carbocycles. The minimum atomic E-state index is -0.344. The summed E-state index contributed by atoms with van der Waals surface area (Å²) in [7, 11) is 1.51. The highest BCUT2D eigenvalue weighted by atomic mass is 16.3. The van der Waals surface area contributed by atoms with Gasteiger partial charge in [-0.1, -0.05) is 0 Å². The Bertz CT molecular complexity index is 279. The van der Waals surface area contributed by atoms with Crippen LogP contribution in [0.1, 0.15) is 12.8 Å². The van der Waals surface area contributed by atoms with Crippen LogP contribution in [0.15, 0.2) is 0 Å². The summed E-state index contributed by atoms with van der Waals surface area (Å²) in [6, 6.07) is -0.329. The molecular weight excluding hydrogens is 184 g/mol. The SMILES string of the molecule is CN1C(=O)CC(N2CC[C@H](O)C2)C1=O. The third-order valence-corrected chi connectivity index (χ3v) is 2.99. The fourth-order valence-electron chi connectivity index (χ4n) is 2.07. The maximum atomic E-state index is 11.6. The lowest BCUT2D eigenvalue weighted by Crippen LogP contribution is -2.40. The second kappa shape index (κ2) is 3.33. The fourth-order valence-corrected chi connectivity index (χ4v) is 2.07. The van der Waals surface area contributed by atoms with Crippen LogP contribution in [0.25, 0.3) is 0 Å². The highest BCUT2D eigenvalue weighted by Gasteiger charge is 2.41. The van der Waals surface area contributed by atoms with Crippen LogP contribution < -0.4 is 0 Å². The van der Waals surface area contributed by atoms with Crippen LogP contribution in [0.2, 0.25) is 0 Å². The van der Waals surface area contributed by atoms with Gasteiger partial charge < -0.3 is 5.11 Å². The number of carbonyl (C=O) groups is 2. The largest absolute Gasteiger partial charge is 0.392 e. The lowest BCUT2D eigenvalue weighted by atomic mass is 10.2. The first-order valence-corrected chi connectivity index (χ1v) is 4.82. The van der Waals surface area contributed by atoms with Crippen LogP contribution in [0.4, 0.5) is 0 Å². The number of rotatable bonds is 1. The minimum absolute atomic E-state index is 0.124. The summed E-state index contributed by atoms with van der Waals surface area (Å²) in [4.78, 5) is 25.9. The lowest BCUT2D eigenvalue weighted by Gasteiger charge is -2.20. The molecule has 0 spiro atoms. The molecule has 1 unspecified atom stereocenters. The van der Waals surface area contributed by atoms with E-state index in [0.717, 1.165) is 0 Å². The summed E-state index contributed by atoms with van der Waals surface area (Å²) < 4.78 is 0. The Kier molecular flexibility index (Phi) is 2.28. The molecule has 78 valence electrons. The number of aliphatic hydroxyl groups excluding tert-OH is 1. The van der Waals surface area contributed by atoms with Crippen molar-refractivity contribution in [2.75, 3.05) is 20.1 Å². The van der Waals surface area contributed by atoms with Crippen molar-refractivity contribution in [2.45, 2.75) is 25.0 Å². The predicted octanol–water partition coefficient (Wildman–Crippen LogP) is -1.19. The Hall–Kier alpha value is -0.940. The van der Waals surface area contributed by atoms with Gasteiger partial charge >= 0.3 is 0 Å². The van der Waals surface area contributed by atoms with Gasteiger partial charge in [-0.15, -0.1) is 0 Å². The average molecular weight is 198 g/mol. The molecule has 2 heterocycles. The van der Waals surface area contributed by atoms with Gasteiger partial charge in [-0.3, -0.25) is 19.4 Å². The van der Waals surface area contributed by atoms with E-state index >= 15 is 0 Å². The van der Waals surface area contributed by atoms with Gasteiger partial charge in [0.1, 0.15) is 0 Å². The Balaban J connectivity index is 2.06. The quantitative estimate of drug-likeness (QED) is 0.538. The third kappa shape index (κ3) is 1.42. The maximum Gasteiger partial charge on any atom is 0.246 e. The highest BCUT2D eigenvalue weighted by molar-refractivity contribution is 6.05. The molecule has 0 aliphatic carbocycles. The zero-order chi connectivity index (χ0) is 10.3. The Morgan fingerprint density at radius 2 is 2.14 bits per heavy atom. The molecule has 2 atom stereocenters. The summed E-state index contributed by atoms with van der Waals surface area (Å²) in [5.41, 5.74) is 0. The summed E-state index contributed by atoms with van der Waals surface area (Å²) in [5, 5.41) is 9.33. The zero-order valence-corrected chi connectivity index (χ0v) is 8.14. The van der Waals surface area contributed by atoms with Crippen LogP contribution >= 0.6 is 0 Å². The molecule has 14 heavy (non-hydrogen) atoms. The number of aliphatic hydroxyl groups is 1. The number of carbonyl (C=O) groups excluding carboxylic acids is 2. The third-order valence-electron chi connectivity index (χ3n) is 2.99. The Morgan fingerprint density at radius 3 is 2.57 bits per heavy atom. The normalized spacial score (nSPS) is 34.6. The average Bonchev–Trinajstić information content (AvgIpc) is 2.66. The minimum Gasteiger partial charge on any atom is -0.392 e. The number of amides is 2. The van der Waals surface area contributed by atoms with Gasteiger partial charge in [-0.25, -0.2) is 0 Å². The predicted molar refractivity (Wildman–Crippen MR) is 48.4 cm³/mol. The van der Waals surface area contributed by atoms with Crippen LogP contribution in [0.3, 0.4) is 0 Å². The molecule has 0 saturated carbocycles. The first kappa shape index (κ1) is 9.61. The summed E-state index contributed by atoms with van der Waals surface area (Å²) in [6.07, 6.45) is 0.618. The standard InChI is InChI=1S/C9H14N2O3/c1-10-8(13)4-7(9(10)14)11-3-2-6(12)5-11/h6-7,12H,2-5H2,1H3/t6-,7?/m0/s1. The second-order valence-electron chi connectivity index (χ2n) is 3.95. The smallest absolute Gasteiger partial charge is 0.246 e. The fraction of sp³-hybridized carbons (Fsp3) is 0.778. The molecule has 1 N–H and O–H groups in total. The van der Waals surface area contributed by atoms with Crippen LogP contribution in [0.5, 0.6) is 0 Å². The van der Waals surface area contributed by atoms with Crippen molar-refractivity contribution in [3.8, 4) is 0 Å². The van der Waals surface area contributed by atoms with Gasteiger partial charge in [-0.05, 0) is 6.42 Å². The van der Waals surface area contributed by atoms with Crippen molar-refractivity contribution in [1.82, 2.24) is 9.80 Å². The van der Waals surface area contributed by atoms with Gasteiger partial charge in [0.15, 0.2) is 0 Å². The first-order valence-electron chi connectivity index (χ1n) is 4.82. The molecule has 2 amide bonds. The van der Waals surface area contributed by atoms with Gasteiger partial charge in [0.25, 0.3) is 0 Å². The zero-order valence-electron chi connectivity index (χ0n) is 8.14. The van der Waals surface area contributed by atoms with Gasteiger partial charge in [0, 0.05) is 20.1 Å². The number of likely N-dealkylation sites (tertiary alicyclic amines) is 2. The maximum absolute atomic E-state index is 11.6. The molecule has 2 aliphatic heterocycles. The van der Waals surface area contributed by atoms with Crippen molar-refractivity contribution in [3.63, 3.8) is 0 Å². The van der Waals surface area contributed by atoms with Crippen LogP contribution in [0, 0.1) is 0 Å². The number of nitrogens with zero attached hydrogens (tertiary/aromatic N) is 2. The number of β-amino-alcohol motifs (C(OH)–C–C–N with tert-alkyl or cyclic N) is 1. The number of hydrogen-bond acceptors (Lipinski definition) is 4. The molecule has 5 nitrogen and oxygen atoms in total. The molecule has 0 aromatic heterocycles. The highest BCUT2D eigenvalue weighted by Crippen LogP contribution is 2.21.